The monoisotopic (exact) mass is 446 g/mol. The third-order valence-electron chi connectivity index (χ3n) is 8.44. The molecule has 0 aromatic heterocycles. The standard InChI is InChI=1S/C26H38O6/c1-7-24(3)12-9-19-18(15-24)20(32-17(2)27)13-21-25(4,10-8-11-26(19,21)5)16-31-23(29)14-22(28)30-6/h7,15,19-21H,1,8-14,16H2,2-6H3/t19-,20+,21-,24-,25-,26+/m0/s1. The van der Waals surface area contributed by atoms with Crippen molar-refractivity contribution < 1.29 is 28.6 Å². The molecule has 2 fully saturated rings. The normalized spacial score (nSPS) is 38.4. The highest BCUT2D eigenvalue weighted by Crippen LogP contribution is 2.64. The van der Waals surface area contributed by atoms with E-state index in [1.165, 1.54) is 19.6 Å². The first-order valence-electron chi connectivity index (χ1n) is 11.7. The lowest BCUT2D eigenvalue weighted by molar-refractivity contribution is -0.166. The van der Waals surface area contributed by atoms with E-state index in [2.05, 4.69) is 38.2 Å². The minimum atomic E-state index is -0.594. The first-order chi connectivity index (χ1) is 15.0. The number of methoxy groups -OCH3 is 1. The van der Waals surface area contributed by atoms with Gasteiger partial charge in [-0.05, 0) is 54.9 Å². The summed E-state index contributed by atoms with van der Waals surface area (Å²) < 4.78 is 16.0. The number of allylic oxidation sites excluding steroid dienone is 2. The summed E-state index contributed by atoms with van der Waals surface area (Å²) in [7, 11) is 1.26. The number of hydrogen-bond acceptors (Lipinski definition) is 6. The van der Waals surface area contributed by atoms with Crippen molar-refractivity contribution in [2.24, 2.45) is 28.1 Å². The van der Waals surface area contributed by atoms with Crippen LogP contribution in [0, 0.1) is 28.1 Å². The van der Waals surface area contributed by atoms with Gasteiger partial charge in [-0.25, -0.2) is 0 Å². The van der Waals surface area contributed by atoms with Crippen LogP contribution in [-0.2, 0) is 28.6 Å². The van der Waals surface area contributed by atoms with Gasteiger partial charge in [0.1, 0.15) is 12.5 Å². The maximum Gasteiger partial charge on any atom is 0.317 e. The molecule has 0 radical (unpaired) electrons. The van der Waals surface area contributed by atoms with Gasteiger partial charge in [0, 0.05) is 17.8 Å². The quantitative estimate of drug-likeness (QED) is 0.253. The van der Waals surface area contributed by atoms with Crippen LogP contribution in [0.5, 0.6) is 0 Å². The Kier molecular flexibility index (Phi) is 6.92. The molecule has 0 amide bonds. The van der Waals surface area contributed by atoms with Crippen molar-refractivity contribution in [3.05, 3.63) is 24.3 Å². The Morgan fingerprint density at radius 3 is 2.50 bits per heavy atom. The summed E-state index contributed by atoms with van der Waals surface area (Å²) in [6, 6.07) is 0. The molecule has 0 N–H and O–H groups in total. The van der Waals surface area contributed by atoms with Crippen LogP contribution in [0.4, 0.5) is 0 Å². The fraction of sp³-hybridized carbons (Fsp3) is 0.731. The molecule has 6 heteroatoms. The van der Waals surface area contributed by atoms with Crippen LogP contribution in [0.2, 0.25) is 0 Å². The van der Waals surface area contributed by atoms with Gasteiger partial charge < -0.3 is 14.2 Å². The van der Waals surface area contributed by atoms with Crippen LogP contribution >= 0.6 is 0 Å². The van der Waals surface area contributed by atoms with Crippen LogP contribution in [0.25, 0.3) is 0 Å². The van der Waals surface area contributed by atoms with Gasteiger partial charge in [-0.15, -0.1) is 6.58 Å². The summed E-state index contributed by atoms with van der Waals surface area (Å²) >= 11 is 0. The lowest BCUT2D eigenvalue weighted by Gasteiger charge is -2.61. The third-order valence-corrected chi connectivity index (χ3v) is 8.44. The maximum absolute atomic E-state index is 12.2. The molecule has 32 heavy (non-hydrogen) atoms. The summed E-state index contributed by atoms with van der Waals surface area (Å²) in [5.41, 5.74) is 0.934. The first kappa shape index (κ1) is 24.5. The van der Waals surface area contributed by atoms with Crippen LogP contribution in [0.1, 0.15) is 72.6 Å². The average molecular weight is 447 g/mol. The second-order valence-electron chi connectivity index (χ2n) is 10.8. The highest BCUT2D eigenvalue weighted by Gasteiger charge is 2.59. The van der Waals surface area contributed by atoms with Crippen molar-refractivity contribution in [3.8, 4) is 0 Å². The van der Waals surface area contributed by atoms with E-state index in [1.807, 2.05) is 6.08 Å². The average Bonchev–Trinajstić information content (AvgIpc) is 2.73. The molecule has 0 unspecified atom stereocenters. The fourth-order valence-corrected chi connectivity index (χ4v) is 6.68. The van der Waals surface area contributed by atoms with Gasteiger partial charge in [-0.2, -0.15) is 0 Å². The van der Waals surface area contributed by atoms with Crippen LogP contribution in [0.15, 0.2) is 24.3 Å². The molecule has 0 aromatic rings. The van der Waals surface area contributed by atoms with Gasteiger partial charge in [0.25, 0.3) is 0 Å². The van der Waals surface area contributed by atoms with E-state index in [9.17, 15) is 14.4 Å². The Morgan fingerprint density at radius 2 is 1.88 bits per heavy atom. The van der Waals surface area contributed by atoms with E-state index in [1.54, 1.807) is 0 Å². The Hall–Kier alpha value is -2.11. The van der Waals surface area contributed by atoms with Crippen molar-refractivity contribution >= 4 is 17.9 Å². The van der Waals surface area contributed by atoms with Gasteiger partial charge in [-0.1, -0.05) is 39.3 Å². The van der Waals surface area contributed by atoms with Crippen molar-refractivity contribution in [1.29, 1.82) is 0 Å². The number of fused-ring (bicyclic) bond motifs is 3. The molecule has 6 nitrogen and oxygen atoms in total. The van der Waals surface area contributed by atoms with E-state index in [0.717, 1.165) is 38.5 Å². The predicted octanol–water partition coefficient (Wildman–Crippen LogP) is 4.77. The Morgan fingerprint density at radius 1 is 1.16 bits per heavy atom. The van der Waals surface area contributed by atoms with Gasteiger partial charge in [0.2, 0.25) is 0 Å². The Labute approximate surface area is 191 Å². The second-order valence-corrected chi connectivity index (χ2v) is 10.8. The summed E-state index contributed by atoms with van der Waals surface area (Å²) in [6.07, 6.45) is 9.51. The summed E-state index contributed by atoms with van der Waals surface area (Å²) in [5.74, 6) is -0.870. The van der Waals surface area contributed by atoms with Gasteiger partial charge in [-0.3, -0.25) is 14.4 Å². The molecule has 0 aromatic carbocycles. The zero-order valence-electron chi connectivity index (χ0n) is 20.2. The topological polar surface area (TPSA) is 78.9 Å². The van der Waals surface area contributed by atoms with E-state index in [0.29, 0.717) is 5.92 Å². The maximum atomic E-state index is 12.2. The Bertz CT molecular complexity index is 815. The van der Waals surface area contributed by atoms with E-state index < -0.39 is 11.9 Å². The summed E-state index contributed by atoms with van der Waals surface area (Å²) in [5, 5.41) is 0. The van der Waals surface area contributed by atoms with Gasteiger partial charge in [0.15, 0.2) is 0 Å². The van der Waals surface area contributed by atoms with Crippen LogP contribution < -0.4 is 0 Å². The van der Waals surface area contributed by atoms with Crippen molar-refractivity contribution in [2.75, 3.05) is 13.7 Å². The number of carbonyl (C=O) groups is 3. The number of rotatable bonds is 6. The highest BCUT2D eigenvalue weighted by atomic mass is 16.6. The molecule has 3 aliphatic rings. The molecular formula is C26H38O6. The fourth-order valence-electron chi connectivity index (χ4n) is 6.68. The van der Waals surface area contributed by atoms with E-state index in [4.69, 9.17) is 9.47 Å². The molecule has 0 spiro atoms. The minimum absolute atomic E-state index is 0.0345. The highest BCUT2D eigenvalue weighted by molar-refractivity contribution is 5.91. The van der Waals surface area contributed by atoms with Crippen molar-refractivity contribution in [1.82, 2.24) is 0 Å². The van der Waals surface area contributed by atoms with E-state index >= 15 is 0 Å². The van der Waals surface area contributed by atoms with E-state index in [-0.39, 0.29) is 47.3 Å². The van der Waals surface area contributed by atoms with Crippen molar-refractivity contribution in [3.63, 3.8) is 0 Å². The molecule has 0 aliphatic heterocycles. The Balaban J connectivity index is 1.90. The largest absolute Gasteiger partial charge is 0.469 e. The van der Waals surface area contributed by atoms with Gasteiger partial charge >= 0.3 is 17.9 Å². The number of hydrogen-bond donors (Lipinski definition) is 0. The molecule has 0 heterocycles. The zero-order valence-corrected chi connectivity index (χ0v) is 20.2. The lowest BCUT2D eigenvalue weighted by atomic mass is 9.45. The smallest absolute Gasteiger partial charge is 0.317 e. The molecule has 0 saturated heterocycles. The van der Waals surface area contributed by atoms with Gasteiger partial charge in [0.05, 0.1) is 13.7 Å². The third kappa shape index (κ3) is 4.65. The predicted molar refractivity (Wildman–Crippen MR) is 120 cm³/mol. The minimum Gasteiger partial charge on any atom is -0.469 e. The molecular weight excluding hydrogens is 408 g/mol. The molecule has 6 atom stereocenters. The van der Waals surface area contributed by atoms with Crippen LogP contribution in [0.3, 0.4) is 0 Å². The number of carbonyl (C=O) groups excluding carboxylic acids is 3. The van der Waals surface area contributed by atoms with Crippen molar-refractivity contribution in [2.45, 2.75) is 78.7 Å². The molecule has 3 aliphatic carbocycles. The molecule has 178 valence electrons. The summed E-state index contributed by atoms with van der Waals surface area (Å²) in [6.45, 7) is 12.5. The van der Waals surface area contributed by atoms with Crippen LogP contribution in [-0.4, -0.2) is 37.7 Å². The number of ether oxygens (including phenoxy) is 3. The SMILES string of the molecule is C=C[C@]1(C)C=C2[C@H](OC(C)=O)C[C@H]3[C@](C)(COC(=O)CC(=O)OC)CCC[C@]3(C)[C@H]2CC1. The zero-order chi connectivity index (χ0) is 23.7. The second kappa shape index (κ2) is 9.03. The molecule has 3 rings (SSSR count). The molecule has 2 saturated carbocycles. The lowest BCUT2D eigenvalue weighted by Crippen LogP contribution is -2.56. The summed E-state index contributed by atoms with van der Waals surface area (Å²) in [4.78, 5) is 35.6. The number of esters is 3. The molecule has 0 bridgehead atoms. The first-order valence-corrected chi connectivity index (χ1v) is 11.7.